The van der Waals surface area contributed by atoms with Crippen LogP contribution in [0.1, 0.15) is 30.1 Å². The number of rotatable bonds is 5. The third kappa shape index (κ3) is 3.89. The van der Waals surface area contributed by atoms with E-state index in [-0.39, 0.29) is 0 Å². The third-order valence-corrected chi connectivity index (χ3v) is 3.79. The highest BCUT2D eigenvalue weighted by molar-refractivity contribution is 5.03. The number of piperidine rings is 1. The molecule has 0 aliphatic carbocycles. The summed E-state index contributed by atoms with van der Waals surface area (Å²) in [6.45, 7) is 5.58. The molecule has 7 heteroatoms. The van der Waals surface area contributed by atoms with Crippen LogP contribution in [0.3, 0.4) is 0 Å². The van der Waals surface area contributed by atoms with Crippen LogP contribution in [0.2, 0.25) is 0 Å². The molecule has 2 aromatic rings. The van der Waals surface area contributed by atoms with Gasteiger partial charge >= 0.3 is 0 Å². The second kappa shape index (κ2) is 6.36. The van der Waals surface area contributed by atoms with E-state index in [2.05, 4.69) is 31.7 Å². The molecule has 1 atom stereocenters. The van der Waals surface area contributed by atoms with Crippen molar-refractivity contribution in [2.75, 3.05) is 13.1 Å². The van der Waals surface area contributed by atoms with Crippen molar-refractivity contribution in [3.8, 4) is 0 Å². The zero-order valence-corrected chi connectivity index (χ0v) is 12.6. The predicted octanol–water partition coefficient (Wildman–Crippen LogP) is 0.866. The van der Waals surface area contributed by atoms with E-state index >= 15 is 0 Å². The van der Waals surface area contributed by atoms with Crippen molar-refractivity contribution in [1.82, 2.24) is 30.1 Å². The second-order valence-electron chi connectivity index (χ2n) is 5.71. The molecule has 1 fully saturated rings. The number of nitrogens with zero attached hydrogens (tertiary/aromatic N) is 5. The average Bonchev–Trinajstić information content (AvgIpc) is 3.06. The Balaban J connectivity index is 1.48. The molecule has 1 saturated heterocycles. The Labute approximate surface area is 124 Å². The van der Waals surface area contributed by atoms with Gasteiger partial charge in [-0.05, 0) is 19.4 Å². The Morgan fingerprint density at radius 2 is 2.38 bits per heavy atom. The molecule has 1 aliphatic rings. The lowest BCUT2D eigenvalue weighted by molar-refractivity contribution is 0.177. The van der Waals surface area contributed by atoms with Gasteiger partial charge < -0.3 is 9.84 Å². The van der Waals surface area contributed by atoms with Crippen molar-refractivity contribution < 1.29 is 4.52 Å². The number of hydrogen-bond donors (Lipinski definition) is 1. The number of hydrogen-bond acceptors (Lipinski definition) is 6. The van der Waals surface area contributed by atoms with Gasteiger partial charge in [-0.2, -0.15) is 10.1 Å². The number of nitrogens with one attached hydrogen (secondary N) is 1. The molecule has 0 unspecified atom stereocenters. The molecule has 3 rings (SSSR count). The van der Waals surface area contributed by atoms with Crippen LogP contribution in [0.4, 0.5) is 0 Å². The average molecular weight is 290 g/mol. The maximum Gasteiger partial charge on any atom is 0.223 e. The van der Waals surface area contributed by atoms with E-state index in [9.17, 15) is 0 Å². The van der Waals surface area contributed by atoms with Gasteiger partial charge in [-0.25, -0.2) is 0 Å². The van der Waals surface area contributed by atoms with E-state index in [1.54, 1.807) is 0 Å². The smallest absolute Gasteiger partial charge is 0.223 e. The number of aromatic nitrogens is 4. The van der Waals surface area contributed by atoms with E-state index in [1.807, 2.05) is 24.9 Å². The van der Waals surface area contributed by atoms with Crippen LogP contribution >= 0.6 is 0 Å². The molecule has 0 aromatic carbocycles. The van der Waals surface area contributed by atoms with Gasteiger partial charge in [-0.3, -0.25) is 9.58 Å². The van der Waals surface area contributed by atoms with Gasteiger partial charge in [0.2, 0.25) is 5.89 Å². The molecule has 7 nitrogen and oxygen atoms in total. The summed E-state index contributed by atoms with van der Waals surface area (Å²) >= 11 is 0. The summed E-state index contributed by atoms with van der Waals surface area (Å²) in [5, 5.41) is 11.8. The first-order valence-electron chi connectivity index (χ1n) is 7.41. The van der Waals surface area contributed by atoms with Crippen LogP contribution in [-0.4, -0.2) is 44.0 Å². The molecule has 0 spiro atoms. The summed E-state index contributed by atoms with van der Waals surface area (Å²) in [5.74, 6) is 1.41. The molecule has 1 aliphatic heterocycles. The Morgan fingerprint density at radius 3 is 3.10 bits per heavy atom. The van der Waals surface area contributed by atoms with Gasteiger partial charge in [0.25, 0.3) is 0 Å². The lowest BCUT2D eigenvalue weighted by Gasteiger charge is -2.32. The molecule has 0 radical (unpaired) electrons. The summed E-state index contributed by atoms with van der Waals surface area (Å²) in [4.78, 5) is 6.66. The SMILES string of the molecule is Cc1nc(CN2CCC[C@@H](NCc3cnn(C)c3)C2)no1. The van der Waals surface area contributed by atoms with E-state index in [0.717, 1.165) is 32.0 Å². The van der Waals surface area contributed by atoms with Crippen molar-refractivity contribution in [2.24, 2.45) is 7.05 Å². The number of aryl methyl sites for hydroxylation is 2. The summed E-state index contributed by atoms with van der Waals surface area (Å²) in [7, 11) is 1.94. The Kier molecular flexibility index (Phi) is 4.31. The summed E-state index contributed by atoms with van der Waals surface area (Å²) in [6.07, 6.45) is 6.37. The largest absolute Gasteiger partial charge is 0.340 e. The van der Waals surface area contributed by atoms with E-state index < -0.39 is 0 Å². The van der Waals surface area contributed by atoms with Gasteiger partial charge in [-0.1, -0.05) is 5.16 Å². The normalized spacial score (nSPS) is 20.0. The van der Waals surface area contributed by atoms with Crippen LogP contribution < -0.4 is 5.32 Å². The van der Waals surface area contributed by atoms with Gasteiger partial charge in [0.1, 0.15) is 0 Å². The Morgan fingerprint density at radius 1 is 1.48 bits per heavy atom. The zero-order chi connectivity index (χ0) is 14.7. The van der Waals surface area contributed by atoms with E-state index in [0.29, 0.717) is 11.9 Å². The highest BCUT2D eigenvalue weighted by Gasteiger charge is 2.21. The predicted molar refractivity (Wildman–Crippen MR) is 77.4 cm³/mol. The minimum Gasteiger partial charge on any atom is -0.340 e. The van der Waals surface area contributed by atoms with Gasteiger partial charge in [0, 0.05) is 44.9 Å². The topological polar surface area (TPSA) is 72.0 Å². The van der Waals surface area contributed by atoms with Crippen molar-refractivity contribution in [2.45, 2.75) is 38.9 Å². The lowest BCUT2D eigenvalue weighted by Crippen LogP contribution is -2.45. The number of likely N-dealkylation sites (tertiary alicyclic amines) is 1. The maximum absolute atomic E-state index is 5.03. The molecular weight excluding hydrogens is 268 g/mol. The van der Waals surface area contributed by atoms with E-state index in [1.165, 1.54) is 18.4 Å². The van der Waals surface area contributed by atoms with Gasteiger partial charge in [-0.15, -0.1) is 0 Å². The fourth-order valence-corrected chi connectivity index (χ4v) is 2.80. The molecule has 0 saturated carbocycles. The molecule has 114 valence electrons. The molecule has 21 heavy (non-hydrogen) atoms. The third-order valence-electron chi connectivity index (χ3n) is 3.79. The van der Waals surface area contributed by atoms with Crippen LogP contribution in [0.25, 0.3) is 0 Å². The van der Waals surface area contributed by atoms with Crippen LogP contribution in [-0.2, 0) is 20.1 Å². The van der Waals surface area contributed by atoms with Crippen LogP contribution in [0, 0.1) is 6.92 Å². The van der Waals surface area contributed by atoms with Crippen molar-refractivity contribution in [3.63, 3.8) is 0 Å². The monoisotopic (exact) mass is 290 g/mol. The summed E-state index contributed by atoms with van der Waals surface area (Å²) in [5.41, 5.74) is 1.23. The van der Waals surface area contributed by atoms with Crippen molar-refractivity contribution >= 4 is 0 Å². The molecule has 1 N–H and O–H groups in total. The zero-order valence-electron chi connectivity index (χ0n) is 12.6. The van der Waals surface area contributed by atoms with Gasteiger partial charge in [0.05, 0.1) is 12.7 Å². The van der Waals surface area contributed by atoms with Gasteiger partial charge in [0.15, 0.2) is 5.82 Å². The first kappa shape index (κ1) is 14.2. The van der Waals surface area contributed by atoms with E-state index in [4.69, 9.17) is 4.52 Å². The van der Waals surface area contributed by atoms with Crippen molar-refractivity contribution in [3.05, 3.63) is 29.7 Å². The molecule has 0 bridgehead atoms. The Bertz CT molecular complexity index is 578. The maximum atomic E-state index is 5.03. The van der Waals surface area contributed by atoms with Crippen LogP contribution in [0.15, 0.2) is 16.9 Å². The molecular formula is C14H22N6O. The fourth-order valence-electron chi connectivity index (χ4n) is 2.80. The highest BCUT2D eigenvalue weighted by Crippen LogP contribution is 2.13. The first-order valence-corrected chi connectivity index (χ1v) is 7.41. The summed E-state index contributed by atoms with van der Waals surface area (Å²) < 4.78 is 6.86. The van der Waals surface area contributed by atoms with Crippen LogP contribution in [0.5, 0.6) is 0 Å². The highest BCUT2D eigenvalue weighted by atomic mass is 16.5. The molecule has 3 heterocycles. The lowest BCUT2D eigenvalue weighted by atomic mass is 10.1. The minimum atomic E-state index is 0.506. The first-order chi connectivity index (χ1) is 10.2. The fraction of sp³-hybridized carbons (Fsp3) is 0.643. The quantitative estimate of drug-likeness (QED) is 0.881. The molecule has 2 aromatic heterocycles. The minimum absolute atomic E-state index is 0.506. The Hall–Kier alpha value is -1.73. The second-order valence-corrected chi connectivity index (χ2v) is 5.71. The summed E-state index contributed by atoms with van der Waals surface area (Å²) in [6, 6.07) is 0.506. The molecule has 0 amide bonds. The van der Waals surface area contributed by atoms with Crippen molar-refractivity contribution in [1.29, 1.82) is 0 Å². The standard InChI is InChI=1S/C14H22N6O/c1-11-17-14(18-21-11)10-20-5-3-4-13(9-20)15-6-12-7-16-19(2)8-12/h7-8,13,15H,3-6,9-10H2,1-2H3/t13-/m1/s1.